The third kappa shape index (κ3) is 7.82. The summed E-state index contributed by atoms with van der Waals surface area (Å²) in [7, 11) is 3.18. The second-order valence-electron chi connectivity index (χ2n) is 11.1. The fourth-order valence-corrected chi connectivity index (χ4v) is 5.93. The van der Waals surface area contributed by atoms with Gasteiger partial charge >= 0.3 is 0 Å². The van der Waals surface area contributed by atoms with E-state index in [1.165, 1.54) is 0 Å². The van der Waals surface area contributed by atoms with Crippen molar-refractivity contribution >= 4 is 23.3 Å². The molecule has 0 heterocycles. The Morgan fingerprint density at radius 3 is 1.45 bits per heavy atom. The van der Waals surface area contributed by atoms with E-state index < -0.39 is 0 Å². The van der Waals surface area contributed by atoms with Gasteiger partial charge in [0.1, 0.15) is 23.0 Å². The first-order chi connectivity index (χ1) is 24.7. The predicted molar refractivity (Wildman–Crippen MR) is 201 cm³/mol. The van der Waals surface area contributed by atoms with Gasteiger partial charge in [-0.1, -0.05) is 101 Å². The van der Waals surface area contributed by atoms with E-state index in [-0.39, 0.29) is 23.2 Å². The topological polar surface area (TPSA) is 176 Å². The first kappa shape index (κ1) is 35.7. The SMILES string of the molecule is COc1ccccc1-c1c(C(N)=NO)cc(Cl)cc1-c1ccc(O)cc1.COc1ccccc1-c1c(C(N)=NO)cccc1-c1ccc(O)cc1. The second-order valence-corrected chi connectivity index (χ2v) is 11.5. The van der Waals surface area contributed by atoms with Gasteiger partial charge in [0.15, 0.2) is 11.7 Å². The van der Waals surface area contributed by atoms with Crippen LogP contribution < -0.4 is 20.9 Å². The summed E-state index contributed by atoms with van der Waals surface area (Å²) in [6.07, 6.45) is 0. The number of para-hydroxylation sites is 2. The molecule has 0 atom stereocenters. The van der Waals surface area contributed by atoms with Crippen molar-refractivity contribution in [2.75, 3.05) is 14.2 Å². The van der Waals surface area contributed by atoms with E-state index in [9.17, 15) is 20.6 Å². The van der Waals surface area contributed by atoms with Gasteiger partial charge in [-0.3, -0.25) is 0 Å². The van der Waals surface area contributed by atoms with Crippen LogP contribution in [0.4, 0.5) is 0 Å². The average molecular weight is 703 g/mol. The van der Waals surface area contributed by atoms with Gasteiger partial charge in [-0.05, 0) is 70.8 Å². The van der Waals surface area contributed by atoms with E-state index >= 15 is 0 Å². The molecule has 0 aliphatic carbocycles. The lowest BCUT2D eigenvalue weighted by Crippen LogP contribution is -2.15. The highest BCUT2D eigenvalue weighted by Gasteiger charge is 2.20. The number of halogens is 1. The number of phenolic OH excluding ortho intramolecular Hbond substituents is 2. The molecule has 11 heteroatoms. The van der Waals surface area contributed by atoms with Crippen LogP contribution in [-0.2, 0) is 0 Å². The highest BCUT2D eigenvalue weighted by molar-refractivity contribution is 6.32. The zero-order chi connectivity index (χ0) is 36.5. The van der Waals surface area contributed by atoms with Gasteiger partial charge in [0.25, 0.3) is 0 Å². The fraction of sp³-hybridized carbons (Fsp3) is 0.0500. The number of ether oxygens (including phenoxy) is 2. The van der Waals surface area contributed by atoms with E-state index in [4.69, 9.17) is 32.5 Å². The smallest absolute Gasteiger partial charge is 0.170 e. The Morgan fingerprint density at radius 1 is 0.529 bits per heavy atom. The van der Waals surface area contributed by atoms with Gasteiger partial charge in [0.2, 0.25) is 0 Å². The molecule has 0 radical (unpaired) electrons. The van der Waals surface area contributed by atoms with Crippen LogP contribution in [0.15, 0.2) is 138 Å². The number of hydrogen-bond donors (Lipinski definition) is 6. The van der Waals surface area contributed by atoms with Gasteiger partial charge < -0.3 is 41.6 Å². The van der Waals surface area contributed by atoms with Gasteiger partial charge in [-0.15, -0.1) is 0 Å². The summed E-state index contributed by atoms with van der Waals surface area (Å²) >= 11 is 6.29. The minimum atomic E-state index is -0.0616. The Hall–Kier alpha value is -6.65. The molecule has 6 aromatic carbocycles. The normalized spacial score (nSPS) is 11.4. The number of methoxy groups -OCH3 is 2. The van der Waals surface area contributed by atoms with E-state index in [1.807, 2.05) is 72.8 Å². The Kier molecular flexibility index (Phi) is 11.3. The number of amidine groups is 2. The molecule has 258 valence electrons. The van der Waals surface area contributed by atoms with Crippen LogP contribution in [0.3, 0.4) is 0 Å². The Labute approximate surface area is 299 Å². The molecule has 10 nitrogen and oxygen atoms in total. The molecule has 0 aliphatic rings. The first-order valence-electron chi connectivity index (χ1n) is 15.5. The summed E-state index contributed by atoms with van der Waals surface area (Å²) in [5, 5.41) is 44.3. The predicted octanol–water partition coefficient (Wildman–Crippen LogP) is 8.31. The Morgan fingerprint density at radius 2 is 0.961 bits per heavy atom. The minimum Gasteiger partial charge on any atom is -0.508 e. The number of aromatic hydroxyl groups is 2. The van der Waals surface area contributed by atoms with Gasteiger partial charge in [-0.2, -0.15) is 0 Å². The van der Waals surface area contributed by atoms with Crippen molar-refractivity contribution in [3.05, 3.63) is 144 Å². The lowest BCUT2D eigenvalue weighted by atomic mass is 9.89. The van der Waals surface area contributed by atoms with Crippen LogP contribution >= 0.6 is 11.6 Å². The molecule has 0 fully saturated rings. The molecule has 0 aromatic heterocycles. The van der Waals surface area contributed by atoms with Crippen LogP contribution in [0.5, 0.6) is 23.0 Å². The first-order valence-corrected chi connectivity index (χ1v) is 15.9. The van der Waals surface area contributed by atoms with Crippen molar-refractivity contribution in [2.45, 2.75) is 0 Å². The van der Waals surface area contributed by atoms with Crippen molar-refractivity contribution in [3.63, 3.8) is 0 Å². The standard InChI is InChI=1S/C20H17ClN2O3.C20H18N2O3/c1-26-18-5-3-2-4-15(18)19-16(12-6-8-14(24)9-7-12)10-13(21)11-17(19)20(22)23-25;1-25-18-8-3-2-5-16(18)19-15(13-9-11-14(23)12-10-13)6-4-7-17(19)20(21)22-24/h2-11,24-25H,1H3,(H2,22,23);2-12,23-24H,1H3,(H2,21,22). The van der Waals surface area contributed by atoms with Gasteiger partial charge in [0, 0.05) is 38.4 Å². The van der Waals surface area contributed by atoms with E-state index in [2.05, 4.69) is 10.3 Å². The molecule has 6 rings (SSSR count). The maximum absolute atomic E-state index is 9.59. The van der Waals surface area contributed by atoms with E-state index in [0.717, 1.165) is 38.9 Å². The van der Waals surface area contributed by atoms with E-state index in [0.29, 0.717) is 33.2 Å². The Bertz CT molecular complexity index is 2200. The van der Waals surface area contributed by atoms with Gasteiger partial charge in [0.05, 0.1) is 14.2 Å². The number of nitrogens with two attached hydrogens (primary N) is 2. The Balaban J connectivity index is 0.000000198. The lowest BCUT2D eigenvalue weighted by molar-refractivity contribution is 0.318. The molecule has 0 spiro atoms. The zero-order valence-electron chi connectivity index (χ0n) is 27.7. The summed E-state index contributed by atoms with van der Waals surface area (Å²) in [5.74, 6) is 1.62. The quantitative estimate of drug-likeness (QED) is 0.0397. The monoisotopic (exact) mass is 702 g/mol. The van der Waals surface area contributed by atoms with Crippen molar-refractivity contribution in [1.82, 2.24) is 0 Å². The highest BCUT2D eigenvalue weighted by Crippen LogP contribution is 2.42. The minimum absolute atomic E-state index is 0.0153. The number of benzene rings is 6. The molecular formula is C40H35ClN4O6. The summed E-state index contributed by atoms with van der Waals surface area (Å²) in [4.78, 5) is 0. The van der Waals surface area contributed by atoms with Gasteiger partial charge in [-0.25, -0.2) is 0 Å². The van der Waals surface area contributed by atoms with Crippen LogP contribution in [-0.4, -0.2) is 46.5 Å². The zero-order valence-corrected chi connectivity index (χ0v) is 28.4. The van der Waals surface area contributed by atoms with Crippen LogP contribution in [0.2, 0.25) is 5.02 Å². The van der Waals surface area contributed by atoms with Crippen LogP contribution in [0.1, 0.15) is 11.1 Å². The number of hydrogen-bond acceptors (Lipinski definition) is 8. The molecule has 0 aliphatic heterocycles. The molecule has 0 amide bonds. The summed E-state index contributed by atoms with van der Waals surface area (Å²) < 4.78 is 11.0. The molecule has 51 heavy (non-hydrogen) atoms. The molecule has 0 unspecified atom stereocenters. The third-order valence-electron chi connectivity index (χ3n) is 8.04. The average Bonchev–Trinajstić information content (AvgIpc) is 3.17. The maximum Gasteiger partial charge on any atom is 0.170 e. The molecule has 0 saturated heterocycles. The van der Waals surface area contributed by atoms with Crippen LogP contribution in [0, 0.1) is 0 Å². The fourth-order valence-electron chi connectivity index (χ4n) is 5.72. The molecule has 0 saturated carbocycles. The van der Waals surface area contributed by atoms with Crippen molar-refractivity contribution in [1.29, 1.82) is 0 Å². The van der Waals surface area contributed by atoms with Crippen LogP contribution in [0.25, 0.3) is 44.5 Å². The molecule has 8 N–H and O–H groups in total. The maximum atomic E-state index is 9.59. The number of oxime groups is 2. The summed E-state index contributed by atoms with van der Waals surface area (Å²) in [5.41, 5.74) is 19.4. The summed E-state index contributed by atoms with van der Waals surface area (Å²) in [6.45, 7) is 0. The van der Waals surface area contributed by atoms with Crippen molar-refractivity contribution in [3.8, 4) is 67.5 Å². The summed E-state index contributed by atoms with van der Waals surface area (Å²) in [6, 6.07) is 37.7. The number of nitrogens with zero attached hydrogens (tertiary/aromatic N) is 2. The third-order valence-corrected chi connectivity index (χ3v) is 8.26. The molecule has 0 bridgehead atoms. The second kappa shape index (κ2) is 16.2. The lowest BCUT2D eigenvalue weighted by Gasteiger charge is -2.18. The van der Waals surface area contributed by atoms with Crippen molar-refractivity contribution in [2.24, 2.45) is 21.8 Å². The number of rotatable bonds is 8. The molecular weight excluding hydrogens is 668 g/mol. The van der Waals surface area contributed by atoms with E-state index in [1.54, 1.807) is 68.8 Å². The highest BCUT2D eigenvalue weighted by atomic mass is 35.5. The largest absolute Gasteiger partial charge is 0.508 e. The molecule has 6 aromatic rings. The van der Waals surface area contributed by atoms with Crippen molar-refractivity contribution < 1.29 is 30.1 Å². The number of phenols is 2.